The predicted molar refractivity (Wildman–Crippen MR) is 71.6 cm³/mol. The fourth-order valence-electron chi connectivity index (χ4n) is 1.60. The summed E-state index contributed by atoms with van der Waals surface area (Å²) < 4.78 is 23.4. The zero-order chi connectivity index (χ0) is 14.9. The summed E-state index contributed by atoms with van der Waals surface area (Å²) in [5, 5.41) is 10.6. The third kappa shape index (κ3) is 2.72. The van der Waals surface area contributed by atoms with Gasteiger partial charge in [-0.15, -0.1) is 0 Å². The van der Waals surface area contributed by atoms with Crippen molar-refractivity contribution >= 4 is 21.5 Å². The minimum Gasteiger partial charge on any atom is -0.368 e. The second-order valence-corrected chi connectivity index (χ2v) is 6.00. The van der Waals surface area contributed by atoms with Crippen LogP contribution in [-0.4, -0.2) is 29.6 Å². The van der Waals surface area contributed by atoms with E-state index in [1.807, 2.05) is 0 Å². The van der Waals surface area contributed by atoms with Gasteiger partial charge in [-0.1, -0.05) is 0 Å². The predicted octanol–water partition coefficient (Wildman–Crippen LogP) is 1.04. The highest BCUT2D eigenvalue weighted by atomic mass is 32.2. The van der Waals surface area contributed by atoms with Gasteiger partial charge in [0, 0.05) is 24.0 Å². The van der Waals surface area contributed by atoms with Gasteiger partial charge in [0.1, 0.15) is 4.90 Å². The number of non-ortho nitro benzene ring substituents is 1. The Morgan fingerprint density at radius 1 is 1.25 bits per heavy atom. The minimum absolute atomic E-state index is 0.0780. The van der Waals surface area contributed by atoms with Gasteiger partial charge in [0.15, 0.2) is 9.84 Å². The molecule has 1 aromatic heterocycles. The van der Waals surface area contributed by atoms with E-state index in [1.165, 1.54) is 24.3 Å². The second-order valence-electron chi connectivity index (χ2n) is 4.02. The van der Waals surface area contributed by atoms with Gasteiger partial charge in [-0.3, -0.25) is 10.1 Å². The molecule has 0 saturated heterocycles. The van der Waals surface area contributed by atoms with Crippen molar-refractivity contribution in [2.45, 2.75) is 4.90 Å². The van der Waals surface area contributed by atoms with E-state index < -0.39 is 14.8 Å². The van der Waals surface area contributed by atoms with Crippen LogP contribution in [0.15, 0.2) is 35.4 Å². The topological polar surface area (TPSA) is 129 Å². The Bertz CT molecular complexity index is 772. The van der Waals surface area contributed by atoms with Gasteiger partial charge in [-0.25, -0.2) is 18.4 Å². The molecule has 20 heavy (non-hydrogen) atoms. The van der Waals surface area contributed by atoms with Crippen molar-refractivity contribution in [2.75, 3.05) is 12.0 Å². The number of nitro benzene ring substituents is 1. The van der Waals surface area contributed by atoms with E-state index in [-0.39, 0.29) is 22.2 Å². The van der Waals surface area contributed by atoms with Crippen LogP contribution in [0.2, 0.25) is 0 Å². The number of aromatic nitrogens is 2. The van der Waals surface area contributed by atoms with Crippen LogP contribution in [-0.2, 0) is 9.84 Å². The first-order valence-electron chi connectivity index (χ1n) is 5.36. The lowest BCUT2D eigenvalue weighted by Gasteiger charge is -2.07. The van der Waals surface area contributed by atoms with Crippen molar-refractivity contribution in [1.82, 2.24) is 9.97 Å². The Morgan fingerprint density at radius 2 is 1.85 bits per heavy atom. The molecule has 1 aromatic carbocycles. The molecule has 0 aliphatic heterocycles. The summed E-state index contributed by atoms with van der Waals surface area (Å²) >= 11 is 0. The summed E-state index contributed by atoms with van der Waals surface area (Å²) in [7, 11) is -3.54. The molecule has 0 spiro atoms. The fraction of sp³-hybridized carbons (Fsp3) is 0.0909. The zero-order valence-corrected chi connectivity index (χ0v) is 11.2. The van der Waals surface area contributed by atoms with E-state index in [4.69, 9.17) is 5.73 Å². The quantitative estimate of drug-likeness (QED) is 0.661. The number of nitrogens with two attached hydrogens (primary N) is 1. The summed E-state index contributed by atoms with van der Waals surface area (Å²) in [6.45, 7) is 0. The number of nitrogens with zero attached hydrogens (tertiary/aromatic N) is 3. The van der Waals surface area contributed by atoms with E-state index in [0.717, 1.165) is 12.5 Å². The van der Waals surface area contributed by atoms with Crippen molar-refractivity contribution in [3.63, 3.8) is 0 Å². The summed E-state index contributed by atoms with van der Waals surface area (Å²) in [6, 6.07) is 5.35. The Kier molecular flexibility index (Phi) is 3.36. The molecule has 0 bridgehead atoms. The monoisotopic (exact) mass is 294 g/mol. The number of nitro groups is 1. The fourth-order valence-corrected chi connectivity index (χ4v) is 2.36. The van der Waals surface area contributed by atoms with E-state index in [0.29, 0.717) is 5.56 Å². The van der Waals surface area contributed by atoms with Gasteiger partial charge in [-0.2, -0.15) is 0 Å². The Hall–Kier alpha value is -2.55. The van der Waals surface area contributed by atoms with Crippen LogP contribution in [0, 0.1) is 10.1 Å². The maximum atomic E-state index is 11.7. The lowest BCUT2D eigenvalue weighted by atomic mass is 10.1. The van der Waals surface area contributed by atoms with Crippen LogP contribution in [0.1, 0.15) is 0 Å². The average Bonchev–Trinajstić information content (AvgIpc) is 2.37. The third-order valence-corrected chi connectivity index (χ3v) is 3.62. The van der Waals surface area contributed by atoms with Crippen molar-refractivity contribution < 1.29 is 13.3 Å². The van der Waals surface area contributed by atoms with Crippen molar-refractivity contribution in [1.29, 1.82) is 0 Å². The minimum atomic E-state index is -3.54. The van der Waals surface area contributed by atoms with Crippen LogP contribution in [0.3, 0.4) is 0 Å². The molecule has 0 fully saturated rings. The van der Waals surface area contributed by atoms with Gasteiger partial charge in [0.05, 0.1) is 16.8 Å². The molecule has 2 rings (SSSR count). The highest BCUT2D eigenvalue weighted by Crippen LogP contribution is 2.27. The molecule has 1 heterocycles. The molecule has 2 aromatic rings. The molecule has 0 radical (unpaired) electrons. The zero-order valence-electron chi connectivity index (χ0n) is 10.3. The number of benzene rings is 1. The number of rotatable bonds is 3. The standard InChI is InChI=1S/C11H10N4O4S/c1-20(18,19)9-6-13-11(12)14-10(9)7-2-4-8(5-3-7)15(16)17/h2-6H,1H3,(H2,12,13,14). The lowest BCUT2D eigenvalue weighted by molar-refractivity contribution is -0.384. The largest absolute Gasteiger partial charge is 0.368 e. The Morgan fingerprint density at radius 3 is 2.35 bits per heavy atom. The van der Waals surface area contributed by atoms with Gasteiger partial charge in [-0.05, 0) is 12.1 Å². The SMILES string of the molecule is CS(=O)(=O)c1cnc(N)nc1-c1ccc([N+](=O)[O-])cc1. The first kappa shape index (κ1) is 13.9. The summed E-state index contributed by atoms with van der Waals surface area (Å²) in [6.07, 6.45) is 2.14. The number of hydrogen-bond acceptors (Lipinski definition) is 7. The first-order chi connectivity index (χ1) is 9.29. The van der Waals surface area contributed by atoms with Crippen molar-refractivity contribution in [3.05, 3.63) is 40.6 Å². The second kappa shape index (κ2) is 4.85. The van der Waals surface area contributed by atoms with E-state index in [2.05, 4.69) is 9.97 Å². The molecule has 0 aliphatic rings. The van der Waals surface area contributed by atoms with Crippen LogP contribution < -0.4 is 5.73 Å². The third-order valence-electron chi connectivity index (χ3n) is 2.52. The van der Waals surface area contributed by atoms with Gasteiger partial charge in [0.25, 0.3) is 5.69 Å². The van der Waals surface area contributed by atoms with Crippen molar-refractivity contribution in [3.8, 4) is 11.3 Å². The van der Waals surface area contributed by atoms with E-state index in [9.17, 15) is 18.5 Å². The molecule has 0 unspecified atom stereocenters. The Balaban J connectivity index is 2.62. The molecule has 9 heteroatoms. The maximum Gasteiger partial charge on any atom is 0.269 e. The summed E-state index contributed by atoms with van der Waals surface area (Å²) in [5.41, 5.74) is 5.89. The highest BCUT2D eigenvalue weighted by molar-refractivity contribution is 7.90. The molecule has 0 atom stereocenters. The molecule has 0 amide bonds. The van der Waals surface area contributed by atoms with Crippen LogP contribution in [0.4, 0.5) is 11.6 Å². The average molecular weight is 294 g/mol. The number of sulfone groups is 1. The van der Waals surface area contributed by atoms with Crippen molar-refractivity contribution in [2.24, 2.45) is 0 Å². The number of nitrogen functional groups attached to an aromatic ring is 1. The Labute approximate surface area is 114 Å². The molecular weight excluding hydrogens is 284 g/mol. The van der Waals surface area contributed by atoms with Crippen LogP contribution in [0.25, 0.3) is 11.3 Å². The lowest BCUT2D eigenvalue weighted by Crippen LogP contribution is -2.05. The van der Waals surface area contributed by atoms with E-state index >= 15 is 0 Å². The molecular formula is C11H10N4O4S. The molecule has 0 aliphatic carbocycles. The van der Waals surface area contributed by atoms with E-state index in [1.54, 1.807) is 0 Å². The molecule has 104 valence electrons. The summed E-state index contributed by atoms with van der Waals surface area (Å²) in [5.74, 6) is -0.0780. The van der Waals surface area contributed by atoms with Crippen LogP contribution >= 0.6 is 0 Å². The molecule has 2 N–H and O–H groups in total. The normalized spacial score (nSPS) is 11.2. The van der Waals surface area contributed by atoms with Gasteiger partial charge < -0.3 is 5.73 Å². The van der Waals surface area contributed by atoms with Gasteiger partial charge in [0.2, 0.25) is 5.95 Å². The van der Waals surface area contributed by atoms with Gasteiger partial charge >= 0.3 is 0 Å². The number of anilines is 1. The highest BCUT2D eigenvalue weighted by Gasteiger charge is 2.18. The number of hydrogen-bond donors (Lipinski definition) is 1. The first-order valence-corrected chi connectivity index (χ1v) is 7.25. The van der Waals surface area contributed by atoms with Crippen LogP contribution in [0.5, 0.6) is 0 Å². The molecule has 8 nitrogen and oxygen atoms in total. The maximum absolute atomic E-state index is 11.7. The smallest absolute Gasteiger partial charge is 0.269 e. The summed E-state index contributed by atoms with van der Waals surface area (Å²) in [4.78, 5) is 17.5. The molecule has 0 saturated carbocycles.